The Hall–Kier alpha value is -10.1. The van der Waals surface area contributed by atoms with Crippen LogP contribution in [-0.2, 0) is 67.1 Å². The number of carboxylic acids is 12. The lowest BCUT2D eigenvalue weighted by Crippen LogP contribution is -2.65. The summed E-state index contributed by atoms with van der Waals surface area (Å²) in [6.07, 6.45) is 1.06. The molecule has 6 unspecified atom stereocenters. The quantitative estimate of drug-likeness (QED) is 0.0404. The molecular weight excluding hydrogens is 1520 g/mol. The highest BCUT2D eigenvalue weighted by Crippen LogP contribution is 2.23. The molecule has 16 N–H and O–H groups in total. The van der Waals surface area contributed by atoms with Gasteiger partial charge >= 0.3 is 77.7 Å². The maximum absolute atomic E-state index is 12.5. The number of hydrogen-bond donors (Lipinski definition) is 16. The number of ether oxygens (including phenoxy) is 1. The van der Waals surface area contributed by atoms with E-state index in [1.807, 2.05) is 5.32 Å². The van der Waals surface area contributed by atoms with E-state index in [-0.39, 0.29) is 74.0 Å². The largest absolute Gasteiger partial charge is 0.481 e. The molecule has 104 heavy (non-hydrogen) atoms. The fourth-order valence-electron chi connectivity index (χ4n) is 9.21. The molecule has 3 aliphatic rings. The number of carbonyl (C=O) groups excluding carboxylic acids is 5. The normalized spacial score (nSPS) is 17.8. The number of carboxylic acid groups (broad SMARTS) is 12. The Morgan fingerprint density at radius 3 is 1.22 bits per heavy atom. The van der Waals surface area contributed by atoms with Gasteiger partial charge in [0.1, 0.15) is 40.9 Å². The van der Waals surface area contributed by atoms with Crippen molar-refractivity contribution in [1.82, 2.24) is 36.0 Å². The van der Waals surface area contributed by atoms with Crippen LogP contribution in [-0.4, -0.2) is 270 Å². The number of alkyl carbamates (subject to hydrolysis) is 1. The van der Waals surface area contributed by atoms with E-state index >= 15 is 0 Å². The lowest BCUT2D eigenvalue weighted by atomic mass is 10.0. The van der Waals surface area contributed by atoms with Crippen molar-refractivity contribution >= 4 is 152 Å². The lowest BCUT2D eigenvalue weighted by molar-refractivity contribution is -0.152. The van der Waals surface area contributed by atoms with Crippen LogP contribution in [0.15, 0.2) is 77.3 Å². The van der Waals surface area contributed by atoms with Gasteiger partial charge < -0.3 is 102 Å². The molecule has 0 radical (unpaired) electrons. The minimum absolute atomic E-state index is 0.0881. The van der Waals surface area contributed by atoms with Crippen LogP contribution in [0, 0.1) is 0 Å². The number of benzene rings is 3. The number of carbonyl (C=O) groups is 17. The molecule has 41 heteroatoms. The molecule has 3 aromatic carbocycles. The van der Waals surface area contributed by atoms with E-state index in [1.165, 1.54) is 24.3 Å². The van der Waals surface area contributed by atoms with Gasteiger partial charge in [0.25, 0.3) is 17.7 Å². The molecule has 0 aromatic heterocycles. The highest BCUT2D eigenvalue weighted by Gasteiger charge is 2.46. The Labute approximate surface area is 614 Å². The Morgan fingerprint density at radius 2 is 0.885 bits per heavy atom. The summed E-state index contributed by atoms with van der Waals surface area (Å²) in [5, 5.41) is 114. The topological polar surface area (TPSA) is 600 Å². The second kappa shape index (κ2) is 45.8. The molecule has 3 aromatic rings. The standard InChI is InChI=1S/C13H13BrN2O5.2C13H13ClN2O5.C11H18O5.C9H15NO6.C4H5ClO4/c14-8-3-1-7(2-4-8)11(17)16-6-5-15-9(12(18)19)10(16)13(20)21;14-8-3-1-2-7(6-8)11(17)16-5-4-15-9(12(18)19)10(16)13(20)21;14-8-4-2-1-3-7(8)11(17)16-6-5-15-9(12(18)19)10(16)13(20)21;12-9(5-1-3-7-10(13)14)6-2-4-8-11(15)16;1-9(2,3)16-8(15)10-5(7(13)14)4-6(11)12;5-2(4(8)9)1-3(6)7/h1-4,9-10,15H,5-6H2,(H,18,19)(H,20,21);1-3,6,9-10,15H,4-5H2,(H,18,19)(H,20,21);1-4,9-10,15H,5-6H2,(H,18,19)(H,20,21);1-8H2,(H,13,14)(H,15,16);5H,4H2,1-3H3,(H,10,15)(H,11,12)(H,13,14);2H,1H2,(H,6,7)(H,8,9)/t;;;;5-;2-/m....10/s1. The third-order valence-corrected chi connectivity index (χ3v) is 15.3. The van der Waals surface area contributed by atoms with Crippen LogP contribution >= 0.6 is 50.7 Å². The van der Waals surface area contributed by atoms with Crippen molar-refractivity contribution in [3.8, 4) is 0 Å². The summed E-state index contributed by atoms with van der Waals surface area (Å²) in [4.78, 5) is 191. The molecule has 0 bridgehead atoms. The lowest BCUT2D eigenvalue weighted by Gasteiger charge is -2.37. The highest BCUT2D eigenvalue weighted by molar-refractivity contribution is 9.10. The van der Waals surface area contributed by atoms with Gasteiger partial charge in [-0.1, -0.05) is 57.3 Å². The minimum Gasteiger partial charge on any atom is -0.481 e. The number of halogens is 4. The number of ketones is 1. The fourth-order valence-corrected chi connectivity index (χ4v) is 10.0. The molecule has 3 heterocycles. The van der Waals surface area contributed by atoms with Crippen molar-refractivity contribution in [3.05, 3.63) is 104 Å². The SMILES string of the molecule is CC(C)(C)OC(=O)N[C@H](CC(=O)O)C(=O)O.O=C(O)C1NCCN(C(=O)c2ccc(Br)cc2)C1C(=O)O.O=C(O)C1NCCN(C(=O)c2cccc(Cl)c2)C1C(=O)O.O=C(O)C1NCCN(C(=O)c2ccccc2Cl)C1C(=O)O.O=C(O)CCCCC(=O)CCCCC(=O)O.O=C(O)C[C@H](Cl)C(=O)O. The van der Waals surface area contributed by atoms with Gasteiger partial charge in [0.15, 0.2) is 18.1 Å². The van der Waals surface area contributed by atoms with Gasteiger partial charge in [-0.2, -0.15) is 0 Å². The average molecular weight is 1600 g/mol. The van der Waals surface area contributed by atoms with E-state index in [4.69, 9.17) is 85.5 Å². The first-order chi connectivity index (χ1) is 48.4. The molecule has 8 atom stereocenters. The van der Waals surface area contributed by atoms with Gasteiger partial charge in [0.2, 0.25) is 0 Å². The van der Waals surface area contributed by atoms with Crippen LogP contribution < -0.4 is 21.3 Å². The van der Waals surface area contributed by atoms with Gasteiger partial charge in [-0.3, -0.25) is 57.5 Å². The minimum atomic E-state index is -1.49. The molecule has 6 rings (SSSR count). The first-order valence-electron chi connectivity index (χ1n) is 30.7. The first kappa shape index (κ1) is 91.9. The van der Waals surface area contributed by atoms with Gasteiger partial charge in [-0.15, -0.1) is 11.6 Å². The Bertz CT molecular complexity index is 3540. The van der Waals surface area contributed by atoms with Gasteiger partial charge in [-0.05, 0) is 101 Å². The summed E-state index contributed by atoms with van der Waals surface area (Å²) in [6, 6.07) is 8.85. The van der Waals surface area contributed by atoms with Crippen LogP contribution in [0.1, 0.15) is 116 Å². The van der Waals surface area contributed by atoms with Gasteiger partial charge in [0, 0.05) is 85.6 Å². The molecular formula is C63H77BrCl3N7O30. The molecule has 572 valence electrons. The van der Waals surface area contributed by atoms with Crippen LogP contribution in [0.3, 0.4) is 0 Å². The predicted molar refractivity (Wildman–Crippen MR) is 362 cm³/mol. The van der Waals surface area contributed by atoms with E-state index in [9.17, 15) is 96.8 Å². The predicted octanol–water partition coefficient (Wildman–Crippen LogP) is 3.42. The molecule has 3 aliphatic heterocycles. The highest BCUT2D eigenvalue weighted by atomic mass is 79.9. The summed E-state index contributed by atoms with van der Waals surface area (Å²) in [7, 11) is 0. The smallest absolute Gasteiger partial charge is 0.408 e. The van der Waals surface area contributed by atoms with Crippen LogP contribution in [0.25, 0.3) is 0 Å². The van der Waals surface area contributed by atoms with Crippen LogP contribution in [0.5, 0.6) is 0 Å². The number of Topliss-reactive ketones (excluding diaryl/α,β-unsaturated/α-hetero) is 1. The van der Waals surface area contributed by atoms with Crippen molar-refractivity contribution in [2.75, 3.05) is 39.3 Å². The van der Waals surface area contributed by atoms with Crippen molar-refractivity contribution in [2.45, 2.75) is 138 Å². The van der Waals surface area contributed by atoms with Crippen molar-refractivity contribution in [3.63, 3.8) is 0 Å². The summed E-state index contributed by atoms with van der Waals surface area (Å²) >= 11 is 20.0. The van der Waals surface area contributed by atoms with E-state index in [0.717, 1.165) is 19.2 Å². The molecule has 3 saturated heterocycles. The monoisotopic (exact) mass is 1600 g/mol. The Balaban J connectivity index is 0.000000635. The van der Waals surface area contributed by atoms with E-state index in [1.54, 1.807) is 69.3 Å². The van der Waals surface area contributed by atoms with E-state index in [0.29, 0.717) is 49.1 Å². The number of hydrogen-bond acceptors (Lipinski definition) is 21. The van der Waals surface area contributed by atoms with Crippen LogP contribution in [0.4, 0.5) is 4.79 Å². The summed E-state index contributed by atoms with van der Waals surface area (Å²) < 4.78 is 5.58. The molecule has 0 spiro atoms. The zero-order chi connectivity index (χ0) is 79.5. The molecule has 0 aliphatic carbocycles. The molecule has 0 saturated carbocycles. The van der Waals surface area contributed by atoms with Crippen molar-refractivity contribution in [1.29, 1.82) is 0 Å². The first-order valence-corrected chi connectivity index (χ1v) is 32.7. The fraction of sp³-hybridized carbons (Fsp3) is 0.444. The maximum atomic E-state index is 12.5. The number of amides is 4. The third-order valence-electron chi connectivity index (χ3n) is 13.9. The van der Waals surface area contributed by atoms with Crippen molar-refractivity contribution in [2.24, 2.45) is 0 Å². The Kier molecular flexibility index (Phi) is 40.4. The van der Waals surface area contributed by atoms with Gasteiger partial charge in [-0.25, -0.2) is 24.0 Å². The molecule has 4 amide bonds. The van der Waals surface area contributed by atoms with E-state index in [2.05, 4.69) is 31.9 Å². The molecule has 3 fully saturated rings. The molecule has 37 nitrogen and oxygen atoms in total. The average Bonchev–Trinajstić information content (AvgIpc) is 0.812. The van der Waals surface area contributed by atoms with Crippen molar-refractivity contribution < 1.29 is 148 Å². The second-order valence-corrected chi connectivity index (χ2v) is 25.2. The van der Waals surface area contributed by atoms with Crippen LogP contribution in [0.2, 0.25) is 10.0 Å². The van der Waals surface area contributed by atoms with Gasteiger partial charge in [0.05, 0.1) is 23.4 Å². The van der Waals surface area contributed by atoms with E-state index < -0.39 is 162 Å². The Morgan fingerprint density at radius 1 is 0.490 bits per heavy atom. The number of unbranched alkanes of at least 4 members (excludes halogenated alkanes) is 2. The summed E-state index contributed by atoms with van der Waals surface area (Å²) in [5.41, 5.74) is -0.0807. The zero-order valence-corrected chi connectivity index (χ0v) is 59.3. The zero-order valence-electron chi connectivity index (χ0n) is 55.4. The summed E-state index contributed by atoms with van der Waals surface area (Å²) in [5.74, 6) is -16.5. The second-order valence-electron chi connectivity index (χ2n) is 22.9. The maximum Gasteiger partial charge on any atom is 0.408 e. The third kappa shape index (κ3) is 33.8. The number of aliphatic carboxylic acids is 12. The number of alkyl halides is 1. The number of nitrogens with zero attached hydrogens (tertiary/aromatic N) is 3. The number of nitrogens with one attached hydrogen (secondary N) is 4. The number of rotatable bonds is 26. The number of piperazine rings is 3. The summed E-state index contributed by atoms with van der Waals surface area (Å²) in [6.45, 7) is 5.78.